The van der Waals surface area contributed by atoms with Crippen molar-refractivity contribution in [3.8, 4) is 0 Å². The van der Waals surface area contributed by atoms with Gasteiger partial charge in [0.05, 0.1) is 6.26 Å². The van der Waals surface area contributed by atoms with Gasteiger partial charge in [-0.1, -0.05) is 19.1 Å². The smallest absolute Gasteiger partial charge is 0.245 e. The number of likely N-dealkylation sites (N-methyl/N-ethyl adjacent to an activating group) is 2. The first-order chi connectivity index (χ1) is 13.1. The van der Waals surface area contributed by atoms with Crippen LogP contribution in [0.2, 0.25) is 0 Å². The van der Waals surface area contributed by atoms with Crippen molar-refractivity contribution < 1.29 is 13.2 Å². The zero-order chi connectivity index (χ0) is 20.7. The van der Waals surface area contributed by atoms with Crippen LogP contribution >= 0.6 is 0 Å². The Bertz CT molecular complexity index is 816. The minimum atomic E-state index is -3.38. The van der Waals surface area contributed by atoms with Crippen LogP contribution in [0.25, 0.3) is 0 Å². The minimum Gasteiger partial charge on any atom is -0.311 e. The van der Waals surface area contributed by atoms with Gasteiger partial charge in [-0.15, -0.1) is 0 Å². The molecular weight excluding hydrogens is 374 g/mol. The second-order valence-electron chi connectivity index (χ2n) is 8.56. The zero-order valence-corrected chi connectivity index (χ0v) is 18.5. The second kappa shape index (κ2) is 7.76. The largest absolute Gasteiger partial charge is 0.311 e. The molecule has 7 heteroatoms. The fourth-order valence-electron chi connectivity index (χ4n) is 4.22. The normalized spacial score (nSPS) is 21.9. The van der Waals surface area contributed by atoms with Crippen LogP contribution in [0.3, 0.4) is 0 Å². The minimum absolute atomic E-state index is 0.140. The molecule has 1 saturated carbocycles. The molecule has 0 spiro atoms. The van der Waals surface area contributed by atoms with Crippen molar-refractivity contribution in [3.05, 3.63) is 29.8 Å². The van der Waals surface area contributed by atoms with Gasteiger partial charge in [0.25, 0.3) is 0 Å². The van der Waals surface area contributed by atoms with Crippen LogP contribution in [0, 0.1) is 0 Å². The number of benzene rings is 1. The van der Waals surface area contributed by atoms with E-state index in [9.17, 15) is 13.2 Å². The van der Waals surface area contributed by atoms with E-state index in [2.05, 4.69) is 37.8 Å². The number of amides is 1. The fraction of sp³-hybridized carbons (Fsp3) is 0.667. The molecule has 156 valence electrons. The van der Waals surface area contributed by atoms with Crippen molar-refractivity contribution in [2.45, 2.75) is 57.5 Å². The molecule has 1 heterocycles. The van der Waals surface area contributed by atoms with E-state index in [0.717, 1.165) is 25.0 Å². The van der Waals surface area contributed by atoms with Gasteiger partial charge < -0.3 is 9.80 Å². The highest BCUT2D eigenvalue weighted by Crippen LogP contribution is 2.49. The summed E-state index contributed by atoms with van der Waals surface area (Å²) in [7, 11) is -1.90. The molecule has 1 aliphatic heterocycles. The lowest BCUT2D eigenvalue weighted by Crippen LogP contribution is -2.42. The molecular formula is C21H33N3O3S. The van der Waals surface area contributed by atoms with Crippen molar-refractivity contribution >= 4 is 21.6 Å². The van der Waals surface area contributed by atoms with Crippen molar-refractivity contribution in [2.24, 2.45) is 0 Å². The van der Waals surface area contributed by atoms with Crippen molar-refractivity contribution in [1.29, 1.82) is 0 Å². The van der Waals surface area contributed by atoms with Gasteiger partial charge in [0.15, 0.2) is 0 Å². The molecule has 1 unspecified atom stereocenters. The predicted octanol–water partition coefficient (Wildman–Crippen LogP) is 2.45. The lowest BCUT2D eigenvalue weighted by atomic mass is 9.94. The molecule has 1 atom stereocenters. The number of sulfonamides is 1. The number of nitrogens with zero attached hydrogens (tertiary/aromatic N) is 3. The highest BCUT2D eigenvalue weighted by Gasteiger charge is 2.45. The Morgan fingerprint density at radius 3 is 2.29 bits per heavy atom. The molecule has 1 aliphatic carbocycles. The van der Waals surface area contributed by atoms with E-state index >= 15 is 0 Å². The maximum Gasteiger partial charge on any atom is 0.245 e. The molecule has 2 fully saturated rings. The van der Waals surface area contributed by atoms with Gasteiger partial charge in [0.2, 0.25) is 15.9 Å². The quantitative estimate of drug-likeness (QED) is 0.664. The molecule has 0 N–H and O–H groups in total. The summed E-state index contributed by atoms with van der Waals surface area (Å²) < 4.78 is 24.8. The molecule has 0 aromatic heterocycles. The van der Waals surface area contributed by atoms with E-state index in [1.165, 1.54) is 29.8 Å². The van der Waals surface area contributed by atoms with Gasteiger partial charge in [0.1, 0.15) is 6.04 Å². The maximum atomic E-state index is 12.8. The van der Waals surface area contributed by atoms with Crippen LogP contribution in [0.4, 0.5) is 5.69 Å². The van der Waals surface area contributed by atoms with Gasteiger partial charge in [-0.2, -0.15) is 4.31 Å². The first kappa shape index (κ1) is 21.3. The second-order valence-corrected chi connectivity index (χ2v) is 10.6. The molecule has 1 aromatic carbocycles. The molecule has 28 heavy (non-hydrogen) atoms. The average Bonchev–Trinajstić information content (AvgIpc) is 3.33. The Balaban J connectivity index is 1.73. The third-order valence-corrected chi connectivity index (χ3v) is 7.73. The van der Waals surface area contributed by atoms with Crippen LogP contribution in [-0.2, 0) is 20.2 Å². The summed E-state index contributed by atoms with van der Waals surface area (Å²) in [4.78, 5) is 17.0. The topological polar surface area (TPSA) is 60.9 Å². The summed E-state index contributed by atoms with van der Waals surface area (Å²) >= 11 is 0. The summed E-state index contributed by atoms with van der Waals surface area (Å²) in [6, 6.07) is 8.26. The standard InChI is InChI=1S/C21H33N3O3S/c1-6-23(16(2)3)15-21(12-13-21)17-7-9-18(10-8-17)24-14-11-19(20(24)25)22(4)28(5,26)27/h7-10,16,19H,6,11-15H2,1-5H3. The van der Waals surface area contributed by atoms with E-state index in [0.29, 0.717) is 19.0 Å². The van der Waals surface area contributed by atoms with Gasteiger partial charge in [-0.25, -0.2) is 8.42 Å². The third-order valence-electron chi connectivity index (χ3n) is 6.43. The zero-order valence-electron chi connectivity index (χ0n) is 17.7. The Labute approximate surface area is 169 Å². The average molecular weight is 408 g/mol. The van der Waals surface area contributed by atoms with Crippen LogP contribution in [0.1, 0.15) is 45.6 Å². The van der Waals surface area contributed by atoms with Gasteiger partial charge in [0, 0.05) is 37.3 Å². The molecule has 0 radical (unpaired) electrons. The van der Waals surface area contributed by atoms with E-state index in [1.807, 2.05) is 12.1 Å². The highest BCUT2D eigenvalue weighted by atomic mass is 32.2. The van der Waals surface area contributed by atoms with Crippen LogP contribution in [0.5, 0.6) is 0 Å². The van der Waals surface area contributed by atoms with Crippen LogP contribution in [0.15, 0.2) is 24.3 Å². The van der Waals surface area contributed by atoms with Crippen molar-refractivity contribution in [3.63, 3.8) is 0 Å². The lowest BCUT2D eigenvalue weighted by Gasteiger charge is -2.30. The molecule has 6 nitrogen and oxygen atoms in total. The first-order valence-electron chi connectivity index (χ1n) is 10.2. The number of rotatable bonds is 8. The molecule has 2 aliphatic rings. The van der Waals surface area contributed by atoms with E-state index in [4.69, 9.17) is 0 Å². The summed E-state index contributed by atoms with van der Waals surface area (Å²) in [5.74, 6) is -0.140. The van der Waals surface area contributed by atoms with Crippen LogP contribution in [-0.4, -0.2) is 68.6 Å². The fourth-order valence-corrected chi connectivity index (χ4v) is 4.88. The predicted molar refractivity (Wildman–Crippen MR) is 113 cm³/mol. The summed E-state index contributed by atoms with van der Waals surface area (Å²) in [5, 5.41) is 0. The summed E-state index contributed by atoms with van der Waals surface area (Å²) in [5.41, 5.74) is 2.43. The molecule has 0 bridgehead atoms. The number of carbonyl (C=O) groups excluding carboxylic acids is 1. The number of hydrogen-bond acceptors (Lipinski definition) is 4. The van der Waals surface area contributed by atoms with E-state index in [-0.39, 0.29) is 11.3 Å². The Morgan fingerprint density at radius 2 is 1.82 bits per heavy atom. The van der Waals surface area contributed by atoms with Gasteiger partial charge in [-0.05, 0) is 57.4 Å². The SMILES string of the molecule is CCN(CC1(c2ccc(N3CCC(N(C)S(C)(=O)=O)C3=O)cc2)CC1)C(C)C. The number of hydrogen-bond donors (Lipinski definition) is 0. The highest BCUT2D eigenvalue weighted by molar-refractivity contribution is 7.88. The molecule has 1 amide bonds. The maximum absolute atomic E-state index is 12.8. The Kier molecular flexibility index (Phi) is 5.90. The summed E-state index contributed by atoms with van der Waals surface area (Å²) in [6.07, 6.45) is 4.08. The molecule has 3 rings (SSSR count). The van der Waals surface area contributed by atoms with Crippen LogP contribution < -0.4 is 4.90 Å². The monoisotopic (exact) mass is 407 g/mol. The van der Waals surface area contributed by atoms with E-state index < -0.39 is 16.1 Å². The Morgan fingerprint density at radius 1 is 1.21 bits per heavy atom. The number of anilines is 1. The lowest BCUT2D eigenvalue weighted by molar-refractivity contribution is -0.120. The number of carbonyl (C=O) groups is 1. The van der Waals surface area contributed by atoms with Crippen molar-refractivity contribution in [2.75, 3.05) is 37.8 Å². The van der Waals surface area contributed by atoms with Gasteiger partial charge in [-0.3, -0.25) is 4.79 Å². The summed E-state index contributed by atoms with van der Waals surface area (Å²) in [6.45, 7) is 9.36. The Hall–Kier alpha value is -1.44. The molecule has 1 saturated heterocycles. The first-order valence-corrected chi connectivity index (χ1v) is 12.0. The van der Waals surface area contributed by atoms with Gasteiger partial charge >= 0.3 is 0 Å². The van der Waals surface area contributed by atoms with E-state index in [1.54, 1.807) is 4.90 Å². The van der Waals surface area contributed by atoms with Crippen molar-refractivity contribution in [1.82, 2.24) is 9.21 Å². The third kappa shape index (κ3) is 4.11. The molecule has 1 aromatic rings.